The third-order valence-electron chi connectivity index (χ3n) is 3.65. The second-order valence-electron chi connectivity index (χ2n) is 4.80. The highest BCUT2D eigenvalue weighted by Gasteiger charge is 2.20. The van der Waals surface area contributed by atoms with Crippen molar-refractivity contribution < 1.29 is 0 Å². The molecule has 0 amide bonds. The molecule has 17 heavy (non-hydrogen) atoms. The van der Waals surface area contributed by atoms with Gasteiger partial charge in [-0.25, -0.2) is 0 Å². The van der Waals surface area contributed by atoms with Gasteiger partial charge in [0.2, 0.25) is 0 Å². The van der Waals surface area contributed by atoms with E-state index in [1.807, 2.05) is 0 Å². The van der Waals surface area contributed by atoms with Crippen molar-refractivity contribution in [2.45, 2.75) is 12.8 Å². The Labute approximate surface area is 102 Å². The molecule has 1 aromatic carbocycles. The topological polar surface area (TPSA) is 53.3 Å². The van der Waals surface area contributed by atoms with Crippen LogP contribution >= 0.6 is 0 Å². The molecule has 0 saturated carbocycles. The van der Waals surface area contributed by atoms with Crippen LogP contribution in [0.5, 0.6) is 0 Å². The average molecular weight is 232 g/mol. The van der Waals surface area contributed by atoms with Crippen molar-refractivity contribution in [3.63, 3.8) is 0 Å². The fourth-order valence-corrected chi connectivity index (χ4v) is 2.78. The zero-order valence-electron chi connectivity index (χ0n) is 10.1. The predicted molar refractivity (Wildman–Crippen MR) is 72.7 cm³/mol. The van der Waals surface area contributed by atoms with E-state index in [0.29, 0.717) is 0 Å². The summed E-state index contributed by atoms with van der Waals surface area (Å²) in [6.07, 6.45) is 2.39. The number of nitrogens with one attached hydrogen (secondary N) is 2. The number of fused-ring (bicyclic) bond motifs is 1. The maximum Gasteiger partial charge on any atom is 0.0839 e. The number of anilines is 3. The Balaban J connectivity index is 2.01. The van der Waals surface area contributed by atoms with Crippen LogP contribution in [-0.4, -0.2) is 32.7 Å². The van der Waals surface area contributed by atoms with Gasteiger partial charge in [0.15, 0.2) is 0 Å². The lowest BCUT2D eigenvalue weighted by Crippen LogP contribution is -2.44. The number of nitrogens with two attached hydrogens (primary N) is 1. The van der Waals surface area contributed by atoms with Crippen LogP contribution in [0, 0.1) is 0 Å². The second kappa shape index (κ2) is 4.45. The van der Waals surface area contributed by atoms with Gasteiger partial charge in [0, 0.05) is 32.7 Å². The standard InChI is InChI=1S/C13H20N4/c14-11-4-3-10-2-1-5-16-12(10)13(11)17-8-6-15-7-9-17/h3-4,15-16H,1-2,5-9,14H2. The number of nitrogens with zero attached hydrogens (tertiary/aromatic N) is 1. The summed E-state index contributed by atoms with van der Waals surface area (Å²) in [5.74, 6) is 0. The largest absolute Gasteiger partial charge is 0.397 e. The van der Waals surface area contributed by atoms with Gasteiger partial charge in [0.25, 0.3) is 0 Å². The molecule has 1 fully saturated rings. The molecule has 0 aliphatic carbocycles. The highest BCUT2D eigenvalue weighted by Crippen LogP contribution is 2.37. The first kappa shape index (κ1) is 10.7. The van der Waals surface area contributed by atoms with Crippen molar-refractivity contribution in [3.05, 3.63) is 17.7 Å². The Morgan fingerprint density at radius 2 is 1.94 bits per heavy atom. The normalized spacial score (nSPS) is 19.6. The molecular weight excluding hydrogens is 212 g/mol. The summed E-state index contributed by atoms with van der Waals surface area (Å²) < 4.78 is 0. The Bertz CT molecular complexity index is 410. The molecule has 0 bridgehead atoms. The Hall–Kier alpha value is -1.42. The lowest BCUT2D eigenvalue weighted by molar-refractivity contribution is 0.589. The summed E-state index contributed by atoms with van der Waals surface area (Å²) in [6, 6.07) is 4.23. The van der Waals surface area contributed by atoms with Crippen LogP contribution in [-0.2, 0) is 6.42 Å². The van der Waals surface area contributed by atoms with Gasteiger partial charge in [-0.3, -0.25) is 0 Å². The molecule has 4 N–H and O–H groups in total. The summed E-state index contributed by atoms with van der Waals surface area (Å²) in [7, 11) is 0. The van der Waals surface area contributed by atoms with E-state index in [1.165, 1.54) is 29.8 Å². The summed E-state index contributed by atoms with van der Waals surface area (Å²) in [6.45, 7) is 5.24. The number of benzene rings is 1. The minimum absolute atomic E-state index is 0.903. The first-order valence-electron chi connectivity index (χ1n) is 6.47. The molecule has 1 aromatic rings. The number of nitrogen functional groups attached to an aromatic ring is 1. The van der Waals surface area contributed by atoms with Crippen molar-refractivity contribution in [2.75, 3.05) is 48.7 Å². The zero-order valence-corrected chi connectivity index (χ0v) is 10.1. The smallest absolute Gasteiger partial charge is 0.0839 e. The third-order valence-corrected chi connectivity index (χ3v) is 3.65. The van der Waals surface area contributed by atoms with E-state index in [-0.39, 0.29) is 0 Å². The molecule has 4 nitrogen and oxygen atoms in total. The first-order valence-corrected chi connectivity index (χ1v) is 6.47. The van der Waals surface area contributed by atoms with Crippen molar-refractivity contribution in [3.8, 4) is 0 Å². The van der Waals surface area contributed by atoms with Crippen molar-refractivity contribution >= 4 is 17.1 Å². The minimum atomic E-state index is 0.903. The number of aryl methyl sites for hydroxylation is 1. The highest BCUT2D eigenvalue weighted by atomic mass is 15.2. The van der Waals surface area contributed by atoms with Crippen molar-refractivity contribution in [2.24, 2.45) is 0 Å². The zero-order chi connectivity index (χ0) is 11.7. The molecule has 0 atom stereocenters. The first-order chi connectivity index (χ1) is 8.36. The molecule has 4 heteroatoms. The van der Waals surface area contributed by atoms with Gasteiger partial charge >= 0.3 is 0 Å². The number of rotatable bonds is 1. The molecule has 2 heterocycles. The highest BCUT2D eigenvalue weighted by molar-refractivity contribution is 5.85. The Morgan fingerprint density at radius 3 is 2.76 bits per heavy atom. The molecule has 0 radical (unpaired) electrons. The molecule has 2 aliphatic rings. The van der Waals surface area contributed by atoms with E-state index in [4.69, 9.17) is 5.73 Å². The molecule has 0 aromatic heterocycles. The van der Waals surface area contributed by atoms with Gasteiger partial charge in [-0.2, -0.15) is 0 Å². The summed E-state index contributed by atoms with van der Waals surface area (Å²) in [4.78, 5) is 2.41. The molecule has 2 aliphatic heterocycles. The SMILES string of the molecule is Nc1ccc2c(c1N1CCNCC1)NCCC2. The van der Waals surface area contributed by atoms with E-state index in [0.717, 1.165) is 38.4 Å². The van der Waals surface area contributed by atoms with E-state index in [9.17, 15) is 0 Å². The van der Waals surface area contributed by atoms with E-state index >= 15 is 0 Å². The minimum Gasteiger partial charge on any atom is -0.397 e. The number of piperazine rings is 1. The van der Waals surface area contributed by atoms with Crippen molar-refractivity contribution in [1.82, 2.24) is 5.32 Å². The van der Waals surface area contributed by atoms with Crippen molar-refractivity contribution in [1.29, 1.82) is 0 Å². The van der Waals surface area contributed by atoms with Crippen LogP contribution < -0.4 is 21.3 Å². The molecule has 0 spiro atoms. The van der Waals surface area contributed by atoms with E-state index in [1.54, 1.807) is 0 Å². The fraction of sp³-hybridized carbons (Fsp3) is 0.538. The fourth-order valence-electron chi connectivity index (χ4n) is 2.78. The number of hydrogen-bond acceptors (Lipinski definition) is 4. The maximum atomic E-state index is 6.17. The Morgan fingerprint density at radius 1 is 1.12 bits per heavy atom. The molecule has 3 rings (SSSR count). The van der Waals surface area contributed by atoms with Gasteiger partial charge in [-0.1, -0.05) is 6.07 Å². The summed E-state index contributed by atoms with van der Waals surface area (Å²) >= 11 is 0. The molecular formula is C13H20N4. The Kier molecular flexibility index (Phi) is 2.81. The van der Waals surface area contributed by atoms with Crippen LogP contribution in [0.4, 0.5) is 17.1 Å². The quantitative estimate of drug-likeness (QED) is 0.633. The number of hydrogen-bond donors (Lipinski definition) is 3. The van der Waals surface area contributed by atoms with Crippen LogP contribution in [0.1, 0.15) is 12.0 Å². The molecule has 1 saturated heterocycles. The maximum absolute atomic E-state index is 6.17. The van der Waals surface area contributed by atoms with Gasteiger partial charge in [0.05, 0.1) is 17.1 Å². The van der Waals surface area contributed by atoms with Gasteiger partial charge < -0.3 is 21.3 Å². The van der Waals surface area contributed by atoms with Gasteiger partial charge in [0.1, 0.15) is 0 Å². The predicted octanol–water partition coefficient (Wildman–Crippen LogP) is 1.04. The van der Waals surface area contributed by atoms with Crippen LogP contribution in [0.25, 0.3) is 0 Å². The third kappa shape index (κ3) is 1.93. The van der Waals surface area contributed by atoms with Crippen LogP contribution in [0.3, 0.4) is 0 Å². The van der Waals surface area contributed by atoms with Crippen LogP contribution in [0.15, 0.2) is 12.1 Å². The van der Waals surface area contributed by atoms with Gasteiger partial charge in [-0.05, 0) is 24.5 Å². The summed E-state index contributed by atoms with van der Waals surface area (Å²) in [5, 5.41) is 6.91. The second-order valence-corrected chi connectivity index (χ2v) is 4.80. The van der Waals surface area contributed by atoms with Crippen LogP contribution in [0.2, 0.25) is 0 Å². The van der Waals surface area contributed by atoms with Gasteiger partial charge in [-0.15, -0.1) is 0 Å². The molecule has 0 unspecified atom stereocenters. The lowest BCUT2D eigenvalue weighted by atomic mass is 10.0. The lowest BCUT2D eigenvalue weighted by Gasteiger charge is -2.34. The van der Waals surface area contributed by atoms with E-state index in [2.05, 4.69) is 27.7 Å². The monoisotopic (exact) mass is 232 g/mol. The summed E-state index contributed by atoms with van der Waals surface area (Å²) in [5.41, 5.74) is 11.0. The van der Waals surface area contributed by atoms with E-state index < -0.39 is 0 Å². The average Bonchev–Trinajstić information content (AvgIpc) is 2.39. The molecule has 92 valence electrons.